The number of nitrogens with zero attached hydrogens (tertiary/aromatic N) is 1. The largest absolute Gasteiger partial charge is 0.418 e. The molecule has 1 atom stereocenters. The van der Waals surface area contributed by atoms with E-state index in [9.17, 15) is 23.3 Å². The molecule has 0 fully saturated rings. The van der Waals surface area contributed by atoms with E-state index in [1.165, 1.54) is 0 Å². The van der Waals surface area contributed by atoms with Gasteiger partial charge in [0.05, 0.1) is 17.1 Å². The van der Waals surface area contributed by atoms with Gasteiger partial charge in [-0.15, -0.1) is 0 Å². The second kappa shape index (κ2) is 5.87. The maximum atomic E-state index is 12.8. The molecule has 0 radical (unpaired) electrons. The Balaban J connectivity index is 3.20. The molecule has 0 spiro atoms. The second-order valence-corrected chi connectivity index (χ2v) is 3.92. The van der Waals surface area contributed by atoms with Gasteiger partial charge in [0.1, 0.15) is 0 Å². The average Bonchev–Trinajstić information content (AvgIpc) is 2.34. The first-order chi connectivity index (χ1) is 8.79. The first kappa shape index (κ1) is 15.2. The minimum atomic E-state index is -4.71. The van der Waals surface area contributed by atoms with Crippen molar-refractivity contribution in [3.63, 3.8) is 0 Å². The maximum absolute atomic E-state index is 12.8. The predicted molar refractivity (Wildman–Crippen MR) is 62.9 cm³/mol. The van der Waals surface area contributed by atoms with Gasteiger partial charge < -0.3 is 10.4 Å². The number of benzene rings is 1. The van der Waals surface area contributed by atoms with Gasteiger partial charge in [0, 0.05) is 23.9 Å². The molecule has 1 aromatic carbocycles. The molecule has 0 amide bonds. The van der Waals surface area contributed by atoms with Gasteiger partial charge in [0.15, 0.2) is 0 Å². The van der Waals surface area contributed by atoms with Crippen molar-refractivity contribution in [3.8, 4) is 0 Å². The molecule has 0 heterocycles. The van der Waals surface area contributed by atoms with E-state index in [1.54, 1.807) is 6.92 Å². The quantitative estimate of drug-likeness (QED) is 0.641. The van der Waals surface area contributed by atoms with Gasteiger partial charge in [0.2, 0.25) is 0 Å². The highest BCUT2D eigenvalue weighted by Gasteiger charge is 2.35. The summed E-state index contributed by atoms with van der Waals surface area (Å²) < 4.78 is 38.5. The Labute approximate surface area is 107 Å². The van der Waals surface area contributed by atoms with E-state index in [0.29, 0.717) is 12.5 Å². The molecule has 0 saturated carbocycles. The number of hydrogen-bond acceptors (Lipinski definition) is 4. The molecule has 8 heteroatoms. The molecule has 0 aliphatic heterocycles. The van der Waals surface area contributed by atoms with Crippen LogP contribution in [0.1, 0.15) is 18.9 Å². The number of rotatable bonds is 5. The van der Waals surface area contributed by atoms with Crippen LogP contribution in [0.4, 0.5) is 24.5 Å². The van der Waals surface area contributed by atoms with Gasteiger partial charge in [-0.1, -0.05) is 6.92 Å². The molecule has 0 bridgehead atoms. The van der Waals surface area contributed by atoms with Crippen molar-refractivity contribution < 1.29 is 23.2 Å². The number of alkyl halides is 3. The Hall–Kier alpha value is -1.83. The lowest BCUT2D eigenvalue weighted by atomic mass is 10.1. The molecule has 0 aliphatic carbocycles. The zero-order valence-corrected chi connectivity index (χ0v) is 10.1. The minimum Gasteiger partial charge on any atom is -0.394 e. The molecule has 2 N–H and O–H groups in total. The highest BCUT2D eigenvalue weighted by molar-refractivity contribution is 5.57. The Kier molecular flexibility index (Phi) is 4.71. The molecule has 1 unspecified atom stereocenters. The summed E-state index contributed by atoms with van der Waals surface area (Å²) in [5, 5.41) is 22.0. The SMILES string of the molecule is CCC(CO)Nc1ccc([N+](=O)[O-])cc1C(F)(F)F. The third kappa shape index (κ3) is 3.82. The van der Waals surface area contributed by atoms with Crippen LogP contribution < -0.4 is 5.32 Å². The fourth-order valence-electron chi connectivity index (χ4n) is 1.50. The van der Waals surface area contributed by atoms with Crippen molar-refractivity contribution in [2.45, 2.75) is 25.6 Å². The number of anilines is 1. The van der Waals surface area contributed by atoms with Crippen molar-refractivity contribution in [3.05, 3.63) is 33.9 Å². The Morgan fingerprint density at radius 2 is 2.11 bits per heavy atom. The van der Waals surface area contributed by atoms with Crippen molar-refractivity contribution >= 4 is 11.4 Å². The number of aliphatic hydroxyl groups excluding tert-OH is 1. The van der Waals surface area contributed by atoms with Crippen molar-refractivity contribution in [2.24, 2.45) is 0 Å². The predicted octanol–water partition coefficient (Wildman–Crippen LogP) is 2.80. The van der Waals surface area contributed by atoms with Gasteiger partial charge in [0.25, 0.3) is 5.69 Å². The average molecular weight is 278 g/mol. The van der Waals surface area contributed by atoms with Gasteiger partial charge in [-0.2, -0.15) is 13.2 Å². The van der Waals surface area contributed by atoms with E-state index in [4.69, 9.17) is 5.11 Å². The van der Waals surface area contributed by atoms with Crippen LogP contribution in [0.15, 0.2) is 18.2 Å². The lowest BCUT2D eigenvalue weighted by Crippen LogP contribution is -2.24. The number of nitrogens with one attached hydrogen (secondary N) is 1. The van der Waals surface area contributed by atoms with Gasteiger partial charge in [-0.3, -0.25) is 10.1 Å². The van der Waals surface area contributed by atoms with E-state index in [-0.39, 0.29) is 12.3 Å². The molecule has 5 nitrogen and oxygen atoms in total. The van der Waals surface area contributed by atoms with Gasteiger partial charge >= 0.3 is 6.18 Å². The normalized spacial score (nSPS) is 13.1. The molecule has 1 rings (SSSR count). The third-order valence-corrected chi connectivity index (χ3v) is 2.59. The Bertz CT molecular complexity index is 459. The third-order valence-electron chi connectivity index (χ3n) is 2.59. The van der Waals surface area contributed by atoms with Crippen LogP contribution in [0.5, 0.6) is 0 Å². The summed E-state index contributed by atoms with van der Waals surface area (Å²) in [6.07, 6.45) is -4.28. The maximum Gasteiger partial charge on any atom is 0.418 e. The molecular weight excluding hydrogens is 265 g/mol. The zero-order valence-electron chi connectivity index (χ0n) is 10.1. The summed E-state index contributed by atoms with van der Waals surface area (Å²) in [4.78, 5) is 9.62. The Morgan fingerprint density at radius 3 is 2.53 bits per heavy atom. The fourth-order valence-corrected chi connectivity index (χ4v) is 1.50. The first-order valence-corrected chi connectivity index (χ1v) is 5.52. The van der Waals surface area contributed by atoms with Crippen LogP contribution >= 0.6 is 0 Å². The molecule has 0 aromatic heterocycles. The number of halogens is 3. The fraction of sp³-hybridized carbons (Fsp3) is 0.455. The number of nitro benzene ring substituents is 1. The second-order valence-electron chi connectivity index (χ2n) is 3.92. The summed E-state index contributed by atoms with van der Waals surface area (Å²) in [7, 11) is 0. The standard InChI is InChI=1S/C11H13F3N2O3/c1-2-7(6-17)15-10-4-3-8(16(18)19)5-9(10)11(12,13)14/h3-5,7,15,17H,2,6H2,1H3. The van der Waals surface area contributed by atoms with E-state index in [2.05, 4.69) is 5.32 Å². The van der Waals surface area contributed by atoms with Crippen molar-refractivity contribution in [1.29, 1.82) is 0 Å². The summed E-state index contributed by atoms with van der Waals surface area (Å²) >= 11 is 0. The molecular formula is C11H13F3N2O3. The van der Waals surface area contributed by atoms with Crippen LogP contribution in [0.3, 0.4) is 0 Å². The van der Waals surface area contributed by atoms with Crippen molar-refractivity contribution in [2.75, 3.05) is 11.9 Å². The van der Waals surface area contributed by atoms with Crippen LogP contribution in [0, 0.1) is 10.1 Å². The monoisotopic (exact) mass is 278 g/mol. The van der Waals surface area contributed by atoms with E-state index in [0.717, 1.165) is 12.1 Å². The smallest absolute Gasteiger partial charge is 0.394 e. The zero-order chi connectivity index (χ0) is 14.6. The van der Waals surface area contributed by atoms with E-state index < -0.39 is 28.4 Å². The molecule has 19 heavy (non-hydrogen) atoms. The highest BCUT2D eigenvalue weighted by Crippen LogP contribution is 2.37. The van der Waals surface area contributed by atoms with Crippen LogP contribution in [0.2, 0.25) is 0 Å². The topological polar surface area (TPSA) is 75.4 Å². The number of non-ortho nitro benzene ring substituents is 1. The van der Waals surface area contributed by atoms with E-state index >= 15 is 0 Å². The lowest BCUT2D eigenvalue weighted by molar-refractivity contribution is -0.385. The van der Waals surface area contributed by atoms with Crippen LogP contribution in [0.25, 0.3) is 0 Å². The lowest BCUT2D eigenvalue weighted by Gasteiger charge is -2.19. The number of hydrogen-bond donors (Lipinski definition) is 2. The van der Waals surface area contributed by atoms with Gasteiger partial charge in [-0.25, -0.2) is 0 Å². The number of aliphatic hydroxyl groups is 1. The summed E-state index contributed by atoms with van der Waals surface area (Å²) in [6, 6.07) is 1.93. The number of nitro groups is 1. The molecule has 1 aromatic rings. The van der Waals surface area contributed by atoms with Crippen molar-refractivity contribution in [1.82, 2.24) is 0 Å². The summed E-state index contributed by atoms with van der Waals surface area (Å²) in [5.41, 5.74) is -2.03. The summed E-state index contributed by atoms with van der Waals surface area (Å²) in [6.45, 7) is 1.37. The Morgan fingerprint density at radius 1 is 1.47 bits per heavy atom. The highest BCUT2D eigenvalue weighted by atomic mass is 19.4. The van der Waals surface area contributed by atoms with E-state index in [1.807, 2.05) is 0 Å². The van der Waals surface area contributed by atoms with Crippen LogP contribution in [-0.2, 0) is 6.18 Å². The molecule has 0 saturated heterocycles. The van der Waals surface area contributed by atoms with Crippen LogP contribution in [-0.4, -0.2) is 22.7 Å². The minimum absolute atomic E-state index is 0.279. The molecule has 0 aliphatic rings. The summed E-state index contributed by atoms with van der Waals surface area (Å²) in [5.74, 6) is 0. The van der Waals surface area contributed by atoms with Gasteiger partial charge in [-0.05, 0) is 12.5 Å². The molecule has 106 valence electrons. The first-order valence-electron chi connectivity index (χ1n) is 5.52.